The van der Waals surface area contributed by atoms with Crippen LogP contribution >= 0.6 is 31.2 Å². The lowest BCUT2D eigenvalue weighted by molar-refractivity contribution is -0.201. The van der Waals surface area contributed by atoms with Gasteiger partial charge in [0.2, 0.25) is 5.91 Å². The molecule has 0 aromatic carbocycles. The highest BCUT2D eigenvalue weighted by atomic mass is 35.5. The fourth-order valence-corrected chi connectivity index (χ4v) is 6.06. The lowest BCUT2D eigenvalue weighted by Crippen LogP contribution is -2.65. The number of alkyl halides is 2. The minimum absolute atomic E-state index is 0.318. The van der Waals surface area contributed by atoms with Crippen LogP contribution in [0.25, 0.3) is 0 Å². The van der Waals surface area contributed by atoms with E-state index in [2.05, 4.69) is 15.2 Å². The highest BCUT2D eigenvalue weighted by Gasteiger charge is 2.51. The molecule has 2 aliphatic rings. The maximum absolute atomic E-state index is 13.1. The standard InChI is InChI=1S/C20H37ClFN2O8PS/c1-11(21)14(17-15(25)16(26)18(20(31-17)34-2)32-33(28,29)30)24-19(27)13-7-6-12(8-10-23-13)5-3-4-9-22/h11-18,20,23,25-26H,3-10H2,1-2H3,(H,24,27)(H2,28,29,30). The first-order chi connectivity index (χ1) is 16.0. The lowest BCUT2D eigenvalue weighted by Gasteiger charge is -2.45. The number of nitrogens with one attached hydrogen (secondary N) is 2. The molecule has 0 aliphatic carbocycles. The Labute approximate surface area is 208 Å². The minimum atomic E-state index is -4.96. The van der Waals surface area contributed by atoms with E-state index >= 15 is 0 Å². The van der Waals surface area contributed by atoms with Crippen molar-refractivity contribution >= 4 is 37.1 Å². The third-order valence-electron chi connectivity index (χ3n) is 6.35. The van der Waals surface area contributed by atoms with E-state index in [0.717, 1.165) is 37.4 Å². The van der Waals surface area contributed by atoms with E-state index in [9.17, 15) is 24.0 Å². The highest BCUT2D eigenvalue weighted by molar-refractivity contribution is 7.99. The molecule has 14 heteroatoms. The number of halogens is 2. The molecule has 34 heavy (non-hydrogen) atoms. The van der Waals surface area contributed by atoms with Gasteiger partial charge < -0.3 is 35.4 Å². The molecule has 1 amide bonds. The molecule has 0 radical (unpaired) electrons. The number of aliphatic hydroxyl groups is 2. The van der Waals surface area contributed by atoms with E-state index in [0.29, 0.717) is 25.3 Å². The van der Waals surface area contributed by atoms with Crippen LogP contribution in [0.1, 0.15) is 45.4 Å². The smallest absolute Gasteiger partial charge is 0.388 e. The number of ether oxygens (including phenoxy) is 1. The first-order valence-corrected chi connectivity index (χ1v) is 14.8. The maximum Gasteiger partial charge on any atom is 0.470 e. The average Bonchev–Trinajstić information content (AvgIpc) is 3.01. The molecule has 200 valence electrons. The number of thioether (sulfide) groups is 1. The number of phosphoric acid groups is 1. The van der Waals surface area contributed by atoms with Crippen LogP contribution in [0.3, 0.4) is 0 Å². The summed E-state index contributed by atoms with van der Waals surface area (Å²) in [6.07, 6.45) is 0.303. The Hall–Kier alpha value is -0.0100. The summed E-state index contributed by atoms with van der Waals surface area (Å²) in [5, 5.41) is 26.6. The lowest BCUT2D eigenvalue weighted by atomic mass is 9.92. The summed E-state index contributed by atoms with van der Waals surface area (Å²) in [4.78, 5) is 31.3. The monoisotopic (exact) mass is 550 g/mol. The molecule has 2 saturated heterocycles. The fourth-order valence-electron chi connectivity index (χ4n) is 4.49. The van der Waals surface area contributed by atoms with Gasteiger partial charge in [-0.25, -0.2) is 4.57 Å². The van der Waals surface area contributed by atoms with Gasteiger partial charge in [0.15, 0.2) is 0 Å². The minimum Gasteiger partial charge on any atom is -0.388 e. The van der Waals surface area contributed by atoms with Crippen LogP contribution in [0, 0.1) is 5.92 Å². The van der Waals surface area contributed by atoms with Crippen LogP contribution in [0.2, 0.25) is 0 Å². The Morgan fingerprint density at radius 1 is 1.29 bits per heavy atom. The Kier molecular flexibility index (Phi) is 12.5. The van der Waals surface area contributed by atoms with E-state index in [1.165, 1.54) is 0 Å². The number of rotatable bonds is 11. The van der Waals surface area contributed by atoms with Crippen molar-refractivity contribution in [1.82, 2.24) is 10.6 Å². The molecular weight excluding hydrogens is 514 g/mol. The highest BCUT2D eigenvalue weighted by Crippen LogP contribution is 2.43. The van der Waals surface area contributed by atoms with Gasteiger partial charge in [-0.1, -0.05) is 12.8 Å². The summed E-state index contributed by atoms with van der Waals surface area (Å²) in [5.41, 5.74) is -1.02. The number of aliphatic hydroxyl groups excluding tert-OH is 2. The molecule has 0 aromatic heterocycles. The van der Waals surface area contributed by atoms with Crippen LogP contribution in [-0.2, 0) is 18.6 Å². The Balaban J connectivity index is 2.05. The molecule has 0 saturated carbocycles. The molecule has 2 fully saturated rings. The molecule has 9 unspecified atom stereocenters. The number of amides is 1. The van der Waals surface area contributed by atoms with Crippen molar-refractivity contribution in [3.8, 4) is 0 Å². The van der Waals surface area contributed by atoms with Gasteiger partial charge in [-0.05, 0) is 51.3 Å². The van der Waals surface area contributed by atoms with E-state index in [4.69, 9.17) is 26.1 Å². The third kappa shape index (κ3) is 8.83. The van der Waals surface area contributed by atoms with Gasteiger partial charge in [-0.15, -0.1) is 23.4 Å². The average molecular weight is 551 g/mol. The van der Waals surface area contributed by atoms with Crippen molar-refractivity contribution in [2.45, 2.75) is 92.8 Å². The third-order valence-corrected chi connectivity index (χ3v) is 7.98. The topological polar surface area (TPSA) is 158 Å². The van der Waals surface area contributed by atoms with E-state index in [1.54, 1.807) is 13.2 Å². The molecule has 6 N–H and O–H groups in total. The normalized spacial score (nSPS) is 34.8. The summed E-state index contributed by atoms with van der Waals surface area (Å²) >= 11 is 7.37. The number of phosphoric ester groups is 1. The summed E-state index contributed by atoms with van der Waals surface area (Å²) in [5.74, 6) is 0.105. The number of hydrogen-bond acceptors (Lipinski definition) is 8. The van der Waals surface area contributed by atoms with Gasteiger partial charge in [0.1, 0.15) is 29.9 Å². The second-order valence-electron chi connectivity index (χ2n) is 8.88. The van der Waals surface area contributed by atoms with Gasteiger partial charge in [-0.3, -0.25) is 13.7 Å². The van der Waals surface area contributed by atoms with Crippen LogP contribution < -0.4 is 10.6 Å². The van der Waals surface area contributed by atoms with Crippen molar-refractivity contribution in [3.63, 3.8) is 0 Å². The van der Waals surface area contributed by atoms with Gasteiger partial charge >= 0.3 is 7.82 Å². The Bertz CT molecular complexity index is 691. The van der Waals surface area contributed by atoms with Gasteiger partial charge in [0.05, 0.1) is 24.1 Å². The van der Waals surface area contributed by atoms with Gasteiger partial charge in [0, 0.05) is 0 Å². The van der Waals surface area contributed by atoms with Crippen LogP contribution in [0.15, 0.2) is 0 Å². The molecule has 2 heterocycles. The van der Waals surface area contributed by atoms with E-state index in [-0.39, 0.29) is 12.6 Å². The van der Waals surface area contributed by atoms with Crippen molar-refractivity contribution < 1.29 is 43.0 Å². The molecule has 9 atom stereocenters. The SMILES string of the molecule is CSC1OC(C(NC(=O)C2CCC(CCCCF)CCN2)C(C)Cl)C(O)C(O)C1OP(=O)(O)O. The van der Waals surface area contributed by atoms with Crippen LogP contribution in [0.4, 0.5) is 4.39 Å². The number of hydrogen-bond donors (Lipinski definition) is 6. The fraction of sp³-hybridized carbons (Fsp3) is 0.950. The maximum atomic E-state index is 13.1. The number of carbonyl (C=O) groups is 1. The second kappa shape index (κ2) is 14.1. The summed E-state index contributed by atoms with van der Waals surface area (Å²) in [7, 11) is -4.96. The zero-order valence-corrected chi connectivity index (χ0v) is 21.9. The first kappa shape index (κ1) is 30.2. The molecule has 0 aromatic rings. The van der Waals surface area contributed by atoms with Gasteiger partial charge in [-0.2, -0.15) is 0 Å². The molecule has 2 aliphatic heterocycles. The molecule has 0 spiro atoms. The zero-order valence-electron chi connectivity index (χ0n) is 19.4. The number of unbranched alkanes of at least 4 members (excludes halogenated alkanes) is 1. The summed E-state index contributed by atoms with van der Waals surface area (Å²) in [6.45, 7) is 1.95. The van der Waals surface area contributed by atoms with Crippen LogP contribution in [0.5, 0.6) is 0 Å². The molecular formula is C20H37ClFN2O8PS. The number of carbonyl (C=O) groups excluding carboxylic acids is 1. The van der Waals surface area contributed by atoms with Crippen molar-refractivity contribution in [1.29, 1.82) is 0 Å². The van der Waals surface area contributed by atoms with Crippen molar-refractivity contribution in [2.75, 3.05) is 19.5 Å². The molecule has 2 rings (SSSR count). The Morgan fingerprint density at radius 2 is 2.00 bits per heavy atom. The molecule has 10 nitrogen and oxygen atoms in total. The van der Waals surface area contributed by atoms with E-state index < -0.39 is 55.1 Å². The predicted octanol–water partition coefficient (Wildman–Crippen LogP) is 1.28. The van der Waals surface area contributed by atoms with Crippen molar-refractivity contribution in [3.05, 3.63) is 0 Å². The largest absolute Gasteiger partial charge is 0.470 e. The second-order valence-corrected chi connectivity index (χ2v) is 11.7. The quantitative estimate of drug-likeness (QED) is 0.126. The Morgan fingerprint density at radius 3 is 2.59 bits per heavy atom. The van der Waals surface area contributed by atoms with E-state index in [1.807, 2.05) is 0 Å². The van der Waals surface area contributed by atoms with Gasteiger partial charge in [0.25, 0.3) is 0 Å². The first-order valence-electron chi connectivity index (χ1n) is 11.5. The molecule has 0 bridgehead atoms. The van der Waals surface area contributed by atoms with Crippen LogP contribution in [-0.4, -0.2) is 92.7 Å². The van der Waals surface area contributed by atoms with Crippen molar-refractivity contribution in [2.24, 2.45) is 5.92 Å². The predicted molar refractivity (Wildman–Crippen MR) is 127 cm³/mol. The summed E-state index contributed by atoms with van der Waals surface area (Å²) in [6, 6.07) is -1.37. The zero-order chi connectivity index (χ0) is 25.5. The summed E-state index contributed by atoms with van der Waals surface area (Å²) < 4.78 is 34.1.